The van der Waals surface area contributed by atoms with Crippen molar-refractivity contribution in [1.82, 2.24) is 0 Å². The van der Waals surface area contributed by atoms with Crippen LogP contribution in [0, 0.1) is 0 Å². The number of rotatable bonds is 32. The highest BCUT2D eigenvalue weighted by atomic mass is 16.6. The first-order valence-electron chi connectivity index (χ1n) is 19.0. The van der Waals surface area contributed by atoms with Crippen molar-refractivity contribution < 1.29 is 38.2 Å². The predicted octanol–water partition coefficient (Wildman–Crippen LogP) is 9.63. The van der Waals surface area contributed by atoms with E-state index in [1.165, 1.54) is 12.8 Å². The van der Waals surface area contributed by atoms with Gasteiger partial charge in [-0.3, -0.25) is 9.59 Å². The molecular weight excluding hydrogens is 630 g/mol. The number of allylic oxidation sites excluding steroid dienone is 12. The number of hydrogen-bond acceptors (Lipinski definition) is 6. The number of quaternary nitrogens is 1. The van der Waals surface area contributed by atoms with Gasteiger partial charge >= 0.3 is 17.9 Å². The molecule has 0 aliphatic carbocycles. The van der Waals surface area contributed by atoms with Crippen LogP contribution in [0.2, 0.25) is 0 Å². The summed E-state index contributed by atoms with van der Waals surface area (Å²) in [6.45, 7) is 4.36. The number of carbonyl (C=O) groups is 3. The Morgan fingerprint density at radius 1 is 0.600 bits per heavy atom. The Hall–Kier alpha value is -3.23. The van der Waals surface area contributed by atoms with E-state index in [0.717, 1.165) is 70.6 Å². The number of carboxylic acids is 1. The highest BCUT2D eigenvalue weighted by molar-refractivity contribution is 5.72. The van der Waals surface area contributed by atoms with Gasteiger partial charge in [0.15, 0.2) is 12.1 Å². The van der Waals surface area contributed by atoms with Gasteiger partial charge in [-0.05, 0) is 64.2 Å². The Balaban J connectivity index is 4.40. The maximum atomic E-state index is 12.6. The number of aliphatic carboxylic acids is 1. The van der Waals surface area contributed by atoms with E-state index in [9.17, 15) is 19.5 Å². The van der Waals surface area contributed by atoms with Crippen LogP contribution in [-0.2, 0) is 28.6 Å². The van der Waals surface area contributed by atoms with E-state index < -0.39 is 18.1 Å². The van der Waals surface area contributed by atoms with Crippen molar-refractivity contribution in [2.24, 2.45) is 0 Å². The van der Waals surface area contributed by atoms with Crippen LogP contribution >= 0.6 is 0 Å². The summed E-state index contributed by atoms with van der Waals surface area (Å²) in [6, 6.07) is -0.626. The quantitative estimate of drug-likeness (QED) is 0.0323. The second-order valence-electron chi connectivity index (χ2n) is 13.4. The fraction of sp³-hybridized carbons (Fsp3) is 0.643. The molecule has 0 heterocycles. The Morgan fingerprint density at radius 3 is 1.64 bits per heavy atom. The minimum atomic E-state index is -0.890. The van der Waals surface area contributed by atoms with E-state index >= 15 is 0 Å². The van der Waals surface area contributed by atoms with Crippen LogP contribution in [0.25, 0.3) is 0 Å². The summed E-state index contributed by atoms with van der Waals surface area (Å²) < 4.78 is 17.0. The molecule has 0 spiro atoms. The topological polar surface area (TPSA) is 99.1 Å². The summed E-state index contributed by atoms with van der Waals surface area (Å²) in [6.07, 6.45) is 39.8. The Labute approximate surface area is 304 Å². The summed E-state index contributed by atoms with van der Waals surface area (Å²) in [7, 11) is 5.48. The molecule has 0 radical (unpaired) electrons. The summed E-state index contributed by atoms with van der Waals surface area (Å²) in [4.78, 5) is 36.6. The lowest BCUT2D eigenvalue weighted by atomic mass is 10.1. The van der Waals surface area contributed by atoms with Crippen molar-refractivity contribution in [3.63, 3.8) is 0 Å². The fourth-order valence-corrected chi connectivity index (χ4v) is 4.96. The molecule has 0 saturated heterocycles. The van der Waals surface area contributed by atoms with Gasteiger partial charge in [0.1, 0.15) is 6.61 Å². The summed E-state index contributed by atoms with van der Waals surface area (Å²) in [5, 5.41) is 9.56. The maximum Gasteiger partial charge on any atom is 0.362 e. The lowest BCUT2D eigenvalue weighted by Gasteiger charge is -2.31. The molecule has 0 aliphatic rings. The molecule has 0 aliphatic heterocycles. The Morgan fingerprint density at radius 2 is 1.10 bits per heavy atom. The smallest absolute Gasteiger partial charge is 0.362 e. The molecule has 8 heteroatoms. The molecule has 2 atom stereocenters. The summed E-state index contributed by atoms with van der Waals surface area (Å²) in [5.41, 5.74) is 0. The number of ether oxygens (including phenoxy) is 3. The maximum absolute atomic E-state index is 12.6. The molecule has 0 amide bonds. The SMILES string of the molecule is CC/C=C/C/C=C/C/C=C/C/C=C/CCCCCCCCC(=O)OC(COCCC(C(=O)O)[N+](C)(C)C)COC(=O)CC/C=C/C/C=C/CC. The molecular formula is C42H70NO7+. The van der Waals surface area contributed by atoms with E-state index in [-0.39, 0.29) is 42.7 Å². The second kappa shape index (κ2) is 32.9. The van der Waals surface area contributed by atoms with Gasteiger partial charge in [0, 0.05) is 19.3 Å². The third-order valence-electron chi connectivity index (χ3n) is 7.86. The van der Waals surface area contributed by atoms with Crippen molar-refractivity contribution in [1.29, 1.82) is 0 Å². The lowest BCUT2D eigenvalue weighted by Crippen LogP contribution is -2.50. The lowest BCUT2D eigenvalue weighted by molar-refractivity contribution is -0.887. The monoisotopic (exact) mass is 701 g/mol. The predicted molar refractivity (Wildman–Crippen MR) is 206 cm³/mol. The number of carbonyl (C=O) groups excluding carboxylic acids is 2. The van der Waals surface area contributed by atoms with Crippen LogP contribution in [0.1, 0.15) is 123 Å². The van der Waals surface area contributed by atoms with Crippen molar-refractivity contribution >= 4 is 17.9 Å². The van der Waals surface area contributed by atoms with Gasteiger partial charge in [0.2, 0.25) is 0 Å². The van der Waals surface area contributed by atoms with Gasteiger partial charge in [-0.1, -0.05) is 112 Å². The third kappa shape index (κ3) is 30.8. The Bertz CT molecular complexity index is 1050. The van der Waals surface area contributed by atoms with Gasteiger partial charge in [-0.2, -0.15) is 0 Å². The average molecular weight is 701 g/mol. The zero-order valence-corrected chi connectivity index (χ0v) is 32.1. The van der Waals surface area contributed by atoms with Gasteiger partial charge in [-0.25, -0.2) is 4.79 Å². The zero-order chi connectivity index (χ0) is 37.1. The van der Waals surface area contributed by atoms with Gasteiger partial charge in [0.25, 0.3) is 0 Å². The minimum absolute atomic E-state index is 0.0332. The highest BCUT2D eigenvalue weighted by Gasteiger charge is 2.31. The van der Waals surface area contributed by atoms with Crippen molar-refractivity contribution in [3.8, 4) is 0 Å². The Kier molecular flexibility index (Phi) is 30.8. The number of hydrogen-bond donors (Lipinski definition) is 1. The van der Waals surface area contributed by atoms with E-state index in [4.69, 9.17) is 14.2 Å². The van der Waals surface area contributed by atoms with Gasteiger partial charge < -0.3 is 23.8 Å². The molecule has 0 bridgehead atoms. The first kappa shape index (κ1) is 46.8. The van der Waals surface area contributed by atoms with Crippen LogP contribution in [0.4, 0.5) is 0 Å². The van der Waals surface area contributed by atoms with Crippen LogP contribution in [0.5, 0.6) is 0 Å². The third-order valence-corrected chi connectivity index (χ3v) is 7.86. The van der Waals surface area contributed by atoms with E-state index in [2.05, 4.69) is 74.6 Å². The largest absolute Gasteiger partial charge is 0.477 e. The number of unbranched alkanes of at least 4 members (excludes halogenated alkanes) is 6. The zero-order valence-electron chi connectivity index (χ0n) is 32.1. The molecule has 0 aromatic rings. The number of likely N-dealkylation sites (N-methyl/N-ethyl adjacent to an activating group) is 1. The van der Waals surface area contributed by atoms with Gasteiger partial charge in [-0.15, -0.1) is 0 Å². The second-order valence-corrected chi connectivity index (χ2v) is 13.4. The van der Waals surface area contributed by atoms with Crippen LogP contribution in [0.3, 0.4) is 0 Å². The van der Waals surface area contributed by atoms with Crippen molar-refractivity contribution in [2.75, 3.05) is 41.0 Å². The standard InChI is InChI=1S/C42H69NO7/c1-6-8-10-12-14-15-16-17-18-19-20-21-22-23-24-25-27-29-31-33-41(45)50-38(36-48-35-34-39(42(46)47)43(3,4)5)37-49-40(44)32-30-28-26-13-11-9-7-2/h8-11,14-15,17-18,20-21,26,28,38-39H,6-7,12-13,16,19,22-25,27,29-37H2,1-5H3/p+1/b10-8+,11-9+,15-14+,18-17+,21-20+,28-26+. The minimum Gasteiger partial charge on any atom is -0.477 e. The average Bonchev–Trinajstić information content (AvgIpc) is 3.06. The van der Waals surface area contributed by atoms with Crippen molar-refractivity contribution in [2.45, 2.75) is 135 Å². The summed E-state index contributed by atoms with van der Waals surface area (Å²) >= 11 is 0. The molecule has 2 unspecified atom stereocenters. The number of carboxylic acid groups (broad SMARTS) is 1. The molecule has 8 nitrogen and oxygen atoms in total. The van der Waals surface area contributed by atoms with E-state index in [1.807, 2.05) is 33.3 Å². The number of nitrogens with zero attached hydrogens (tertiary/aromatic N) is 1. The fourth-order valence-electron chi connectivity index (χ4n) is 4.96. The van der Waals surface area contributed by atoms with E-state index in [1.54, 1.807) is 0 Å². The first-order valence-corrected chi connectivity index (χ1v) is 19.0. The molecule has 0 fully saturated rings. The molecule has 0 aromatic carbocycles. The highest BCUT2D eigenvalue weighted by Crippen LogP contribution is 2.12. The first-order chi connectivity index (χ1) is 24.1. The molecule has 0 aromatic heterocycles. The van der Waals surface area contributed by atoms with Crippen LogP contribution in [-0.4, -0.2) is 80.6 Å². The molecule has 0 saturated carbocycles. The molecule has 284 valence electrons. The van der Waals surface area contributed by atoms with Crippen LogP contribution in [0.15, 0.2) is 72.9 Å². The normalized spacial score (nSPS) is 13.9. The van der Waals surface area contributed by atoms with E-state index in [0.29, 0.717) is 19.3 Å². The van der Waals surface area contributed by atoms with Gasteiger partial charge in [0.05, 0.1) is 34.4 Å². The summed E-state index contributed by atoms with van der Waals surface area (Å²) in [5.74, 6) is -1.59. The van der Waals surface area contributed by atoms with Crippen molar-refractivity contribution in [3.05, 3.63) is 72.9 Å². The molecule has 1 N–H and O–H groups in total. The molecule has 0 rings (SSSR count). The number of esters is 2. The molecule has 50 heavy (non-hydrogen) atoms. The van der Waals surface area contributed by atoms with Crippen LogP contribution < -0.4 is 0 Å².